The van der Waals surface area contributed by atoms with Crippen LogP contribution in [0.5, 0.6) is 0 Å². The molecule has 1 fully saturated rings. The summed E-state index contributed by atoms with van der Waals surface area (Å²) < 4.78 is 5.39. The van der Waals surface area contributed by atoms with Crippen LogP contribution < -0.4 is 5.32 Å². The molecule has 3 aromatic rings. The van der Waals surface area contributed by atoms with Gasteiger partial charge >= 0.3 is 6.09 Å². The number of benzene rings is 2. The lowest BCUT2D eigenvalue weighted by Crippen LogP contribution is -2.43. The molecular weight excluding hydrogens is 468 g/mol. The van der Waals surface area contributed by atoms with Crippen LogP contribution in [0.3, 0.4) is 0 Å². The molecule has 1 atom stereocenters. The number of nitrogens with zero attached hydrogens (tertiary/aromatic N) is 3. The highest BCUT2D eigenvalue weighted by atomic mass is 32.1. The van der Waals surface area contributed by atoms with Crippen LogP contribution in [-0.4, -0.2) is 51.2 Å². The van der Waals surface area contributed by atoms with Gasteiger partial charge in [-0.1, -0.05) is 42.5 Å². The van der Waals surface area contributed by atoms with Crippen LogP contribution in [0.1, 0.15) is 44.8 Å². The molecule has 0 bridgehead atoms. The van der Waals surface area contributed by atoms with Gasteiger partial charge in [-0.25, -0.2) is 9.78 Å². The second-order valence-corrected chi connectivity index (χ2v) is 9.12. The zero-order valence-electron chi connectivity index (χ0n) is 18.7. The number of likely N-dealkylation sites (tertiary alicyclic amines) is 1. The van der Waals surface area contributed by atoms with Crippen molar-refractivity contribution in [1.82, 2.24) is 14.8 Å². The van der Waals surface area contributed by atoms with E-state index >= 15 is 0 Å². The average Bonchev–Trinajstić information content (AvgIpc) is 3.60. The lowest BCUT2D eigenvalue weighted by Gasteiger charge is -2.22. The number of carbonyl (C=O) groups excluding carboxylic acids is 4. The third kappa shape index (κ3) is 4.65. The first kappa shape index (κ1) is 22.7. The fraction of sp³-hybridized carbons (Fsp3) is 0.240. The quantitative estimate of drug-likeness (QED) is 0.528. The Kier molecular flexibility index (Phi) is 6.28. The van der Waals surface area contributed by atoms with Crippen LogP contribution in [0.4, 0.5) is 9.93 Å². The number of ether oxygens (including phenoxy) is 1. The number of anilines is 1. The summed E-state index contributed by atoms with van der Waals surface area (Å²) in [6, 6.07) is 15.4. The summed E-state index contributed by atoms with van der Waals surface area (Å²) in [4.78, 5) is 57.6. The maximum absolute atomic E-state index is 12.9. The maximum atomic E-state index is 12.9. The lowest BCUT2D eigenvalue weighted by atomic mass is 10.1. The monoisotopic (exact) mass is 490 g/mol. The van der Waals surface area contributed by atoms with E-state index in [0.29, 0.717) is 41.3 Å². The summed E-state index contributed by atoms with van der Waals surface area (Å²) in [7, 11) is 0. The number of amides is 4. The summed E-state index contributed by atoms with van der Waals surface area (Å²) in [5.74, 6) is -1.07. The van der Waals surface area contributed by atoms with Gasteiger partial charge in [-0.15, -0.1) is 11.3 Å². The molecule has 10 heteroatoms. The van der Waals surface area contributed by atoms with E-state index in [-0.39, 0.29) is 30.9 Å². The first-order chi connectivity index (χ1) is 17.0. The number of rotatable bonds is 6. The Bertz CT molecular complexity index is 1260. The molecule has 1 aromatic heterocycles. The van der Waals surface area contributed by atoms with Crippen molar-refractivity contribution in [3.8, 4) is 0 Å². The number of hydrogen-bond acceptors (Lipinski definition) is 7. The number of aromatic nitrogens is 1. The van der Waals surface area contributed by atoms with E-state index in [1.165, 1.54) is 16.2 Å². The van der Waals surface area contributed by atoms with E-state index in [9.17, 15) is 19.2 Å². The minimum absolute atomic E-state index is 0.0140. The van der Waals surface area contributed by atoms with Crippen molar-refractivity contribution >= 4 is 40.3 Å². The topological polar surface area (TPSA) is 109 Å². The number of carbonyl (C=O) groups is 4. The maximum Gasteiger partial charge on any atom is 0.410 e. The summed E-state index contributed by atoms with van der Waals surface area (Å²) in [6.45, 7) is 0.590. The van der Waals surface area contributed by atoms with Gasteiger partial charge in [0.25, 0.3) is 11.8 Å². The molecule has 4 amide bonds. The molecule has 9 nitrogen and oxygen atoms in total. The Morgan fingerprint density at radius 3 is 2.43 bits per heavy atom. The summed E-state index contributed by atoms with van der Waals surface area (Å²) in [5.41, 5.74) is 2.11. The summed E-state index contributed by atoms with van der Waals surface area (Å²) in [6.07, 6.45) is 0.693. The van der Waals surface area contributed by atoms with Gasteiger partial charge in [0.1, 0.15) is 12.6 Å². The van der Waals surface area contributed by atoms with Gasteiger partial charge in [0.2, 0.25) is 5.91 Å². The van der Waals surface area contributed by atoms with Gasteiger partial charge in [-0.2, -0.15) is 0 Å². The van der Waals surface area contributed by atoms with E-state index in [1.807, 2.05) is 30.3 Å². The van der Waals surface area contributed by atoms with Crippen molar-refractivity contribution < 1.29 is 23.9 Å². The van der Waals surface area contributed by atoms with Crippen LogP contribution in [0.2, 0.25) is 0 Å². The number of fused-ring (bicyclic) bond motifs is 1. The Morgan fingerprint density at radius 1 is 1.03 bits per heavy atom. The van der Waals surface area contributed by atoms with E-state index in [4.69, 9.17) is 4.74 Å². The molecule has 35 heavy (non-hydrogen) atoms. The Labute approximate surface area is 205 Å². The molecule has 1 saturated heterocycles. The van der Waals surface area contributed by atoms with Gasteiger partial charge in [0.05, 0.1) is 23.4 Å². The number of imide groups is 1. The van der Waals surface area contributed by atoms with Crippen LogP contribution in [-0.2, 0) is 22.7 Å². The average molecular weight is 491 g/mol. The zero-order chi connectivity index (χ0) is 24.4. The second kappa shape index (κ2) is 9.67. The predicted molar refractivity (Wildman–Crippen MR) is 128 cm³/mol. The molecule has 1 unspecified atom stereocenters. The van der Waals surface area contributed by atoms with E-state index < -0.39 is 12.1 Å². The SMILES string of the molecule is O=C(Nc1nc(CN2C(=O)c3ccccc3C2=O)cs1)C1CCCN1C(=O)OCc1ccccc1. The molecule has 0 saturated carbocycles. The summed E-state index contributed by atoms with van der Waals surface area (Å²) >= 11 is 1.20. The van der Waals surface area contributed by atoms with Crippen molar-refractivity contribution in [1.29, 1.82) is 0 Å². The van der Waals surface area contributed by atoms with Crippen LogP contribution in [0, 0.1) is 0 Å². The van der Waals surface area contributed by atoms with Crippen molar-refractivity contribution in [2.45, 2.75) is 32.0 Å². The Morgan fingerprint density at radius 2 is 1.71 bits per heavy atom. The van der Waals surface area contributed by atoms with Crippen LogP contribution >= 0.6 is 11.3 Å². The second-order valence-electron chi connectivity index (χ2n) is 8.27. The molecule has 2 aliphatic rings. The van der Waals surface area contributed by atoms with Crippen molar-refractivity contribution in [3.63, 3.8) is 0 Å². The summed E-state index contributed by atoms with van der Waals surface area (Å²) in [5, 5.41) is 4.79. The van der Waals surface area contributed by atoms with E-state index in [2.05, 4.69) is 10.3 Å². The molecule has 3 heterocycles. The molecule has 178 valence electrons. The molecule has 0 aliphatic carbocycles. The number of hydrogen-bond donors (Lipinski definition) is 1. The third-order valence-electron chi connectivity index (χ3n) is 5.98. The van der Waals surface area contributed by atoms with Crippen molar-refractivity contribution in [3.05, 3.63) is 82.4 Å². The molecule has 1 N–H and O–H groups in total. The van der Waals surface area contributed by atoms with E-state index in [0.717, 1.165) is 10.5 Å². The highest BCUT2D eigenvalue weighted by molar-refractivity contribution is 7.13. The molecule has 2 aromatic carbocycles. The van der Waals surface area contributed by atoms with Crippen LogP contribution in [0.15, 0.2) is 60.0 Å². The molecule has 2 aliphatic heterocycles. The zero-order valence-corrected chi connectivity index (χ0v) is 19.5. The molecular formula is C25H22N4O5S. The Balaban J connectivity index is 1.18. The predicted octanol–water partition coefficient (Wildman–Crippen LogP) is 3.68. The van der Waals surface area contributed by atoms with Crippen molar-refractivity contribution in [2.24, 2.45) is 0 Å². The highest BCUT2D eigenvalue weighted by Crippen LogP contribution is 2.26. The smallest absolute Gasteiger partial charge is 0.410 e. The minimum atomic E-state index is -0.651. The van der Waals surface area contributed by atoms with Gasteiger partial charge in [-0.3, -0.25) is 24.2 Å². The first-order valence-electron chi connectivity index (χ1n) is 11.2. The van der Waals surface area contributed by atoms with Gasteiger partial charge in [0, 0.05) is 11.9 Å². The van der Waals surface area contributed by atoms with E-state index in [1.54, 1.807) is 29.6 Å². The lowest BCUT2D eigenvalue weighted by molar-refractivity contribution is -0.120. The first-order valence-corrected chi connectivity index (χ1v) is 12.1. The molecule has 0 spiro atoms. The highest BCUT2D eigenvalue weighted by Gasteiger charge is 2.37. The molecule has 0 radical (unpaired) electrons. The third-order valence-corrected chi connectivity index (χ3v) is 6.78. The fourth-order valence-corrected chi connectivity index (χ4v) is 4.93. The van der Waals surface area contributed by atoms with Gasteiger partial charge < -0.3 is 10.1 Å². The largest absolute Gasteiger partial charge is 0.445 e. The minimum Gasteiger partial charge on any atom is -0.445 e. The normalized spacial score (nSPS) is 17.0. The van der Waals surface area contributed by atoms with Gasteiger partial charge in [-0.05, 0) is 30.5 Å². The fourth-order valence-electron chi connectivity index (χ4n) is 4.23. The van der Waals surface area contributed by atoms with Gasteiger partial charge in [0.15, 0.2) is 5.13 Å². The van der Waals surface area contributed by atoms with Crippen molar-refractivity contribution in [2.75, 3.05) is 11.9 Å². The number of nitrogens with one attached hydrogen (secondary N) is 1. The molecule has 5 rings (SSSR count). The standard InChI is InChI=1S/C25H22N4O5S/c30-21(20-11-6-12-28(20)25(33)34-14-16-7-2-1-3-8-16)27-24-26-17(15-35-24)13-29-22(31)18-9-4-5-10-19(18)23(29)32/h1-5,7-10,15,20H,6,11-14H2,(H,26,27,30). The van der Waals surface area contributed by atoms with Crippen LogP contribution in [0.25, 0.3) is 0 Å². The Hall–Kier alpha value is -4.05. The number of thiazole rings is 1.